The fourth-order valence-electron chi connectivity index (χ4n) is 2.01. The molecular weight excluding hydrogens is 322 g/mol. The third kappa shape index (κ3) is 3.58. The number of hydrogen-bond acceptors (Lipinski definition) is 3. The van der Waals surface area contributed by atoms with Crippen molar-refractivity contribution in [2.75, 3.05) is 38.5 Å². The fourth-order valence-corrected chi connectivity index (χ4v) is 2.39. The summed E-state index contributed by atoms with van der Waals surface area (Å²) < 4.78 is 0.905. The lowest BCUT2D eigenvalue weighted by molar-refractivity contribution is -0.144. The van der Waals surface area contributed by atoms with Crippen molar-refractivity contribution in [2.45, 2.75) is 6.92 Å². The third-order valence-electron chi connectivity index (χ3n) is 3.41. The highest BCUT2D eigenvalue weighted by Gasteiger charge is 2.24. The monoisotopic (exact) mass is 339 g/mol. The average Bonchev–Trinajstić information content (AvgIpc) is 2.43. The van der Waals surface area contributed by atoms with Crippen LogP contribution in [0.5, 0.6) is 0 Å². The number of carbonyl (C=O) groups is 2. The lowest BCUT2D eigenvalue weighted by atomic mass is 10.2. The van der Waals surface area contributed by atoms with Crippen LogP contribution in [-0.2, 0) is 9.59 Å². The van der Waals surface area contributed by atoms with Crippen molar-refractivity contribution in [2.24, 2.45) is 0 Å². The molecule has 0 spiro atoms. The number of carbonyl (C=O) groups excluding carboxylic acids is 2. The molecule has 1 aromatic carbocycles. The van der Waals surface area contributed by atoms with Crippen LogP contribution in [0.15, 0.2) is 22.7 Å². The minimum atomic E-state index is -0.578. The number of halogens is 1. The van der Waals surface area contributed by atoms with Crippen molar-refractivity contribution >= 4 is 33.4 Å². The summed E-state index contributed by atoms with van der Waals surface area (Å²) in [7, 11) is 2.01. The molecule has 1 aliphatic rings. The van der Waals surface area contributed by atoms with Gasteiger partial charge in [0.05, 0.1) is 0 Å². The Labute approximate surface area is 127 Å². The van der Waals surface area contributed by atoms with E-state index in [1.54, 1.807) is 17.0 Å². The zero-order valence-corrected chi connectivity index (χ0v) is 13.2. The number of aryl methyl sites for hydroxylation is 1. The maximum absolute atomic E-state index is 12.0. The number of amides is 2. The first-order valence-electron chi connectivity index (χ1n) is 6.52. The second kappa shape index (κ2) is 6.37. The first-order chi connectivity index (χ1) is 9.47. The molecule has 5 nitrogen and oxygen atoms in total. The van der Waals surface area contributed by atoms with Gasteiger partial charge in [0, 0.05) is 36.3 Å². The maximum atomic E-state index is 12.0. The summed E-state index contributed by atoms with van der Waals surface area (Å²) >= 11 is 3.40. The van der Waals surface area contributed by atoms with Gasteiger partial charge in [-0.15, -0.1) is 0 Å². The molecule has 1 saturated heterocycles. The largest absolute Gasteiger partial charge is 0.332 e. The number of benzene rings is 1. The average molecular weight is 340 g/mol. The molecular formula is C14H18BrN3O2. The summed E-state index contributed by atoms with van der Waals surface area (Å²) in [6.07, 6.45) is 0. The van der Waals surface area contributed by atoms with Gasteiger partial charge < -0.3 is 15.1 Å². The van der Waals surface area contributed by atoms with E-state index in [9.17, 15) is 9.59 Å². The highest BCUT2D eigenvalue weighted by molar-refractivity contribution is 9.10. The van der Waals surface area contributed by atoms with Crippen molar-refractivity contribution in [3.05, 3.63) is 28.2 Å². The number of nitrogens with zero attached hydrogens (tertiary/aromatic N) is 2. The minimum Gasteiger partial charge on any atom is -0.332 e. The van der Waals surface area contributed by atoms with Crippen LogP contribution in [0.3, 0.4) is 0 Å². The summed E-state index contributed by atoms with van der Waals surface area (Å²) in [6.45, 7) is 4.76. The van der Waals surface area contributed by atoms with Gasteiger partial charge in [0.1, 0.15) is 0 Å². The summed E-state index contributed by atoms with van der Waals surface area (Å²) in [4.78, 5) is 27.7. The van der Waals surface area contributed by atoms with Crippen LogP contribution in [0.2, 0.25) is 0 Å². The van der Waals surface area contributed by atoms with Crippen molar-refractivity contribution in [3.8, 4) is 0 Å². The Morgan fingerprint density at radius 1 is 1.20 bits per heavy atom. The van der Waals surface area contributed by atoms with E-state index in [4.69, 9.17) is 0 Å². The molecule has 6 heteroatoms. The predicted octanol–water partition coefficient (Wildman–Crippen LogP) is 1.47. The predicted molar refractivity (Wildman–Crippen MR) is 81.6 cm³/mol. The number of rotatable bonds is 1. The maximum Gasteiger partial charge on any atom is 0.313 e. The summed E-state index contributed by atoms with van der Waals surface area (Å²) in [5.74, 6) is -1.04. The number of piperazine rings is 1. The van der Waals surface area contributed by atoms with E-state index in [2.05, 4.69) is 26.1 Å². The molecule has 1 fully saturated rings. The molecule has 1 heterocycles. The van der Waals surface area contributed by atoms with Gasteiger partial charge in [-0.3, -0.25) is 9.59 Å². The molecule has 0 saturated carbocycles. The van der Waals surface area contributed by atoms with Gasteiger partial charge in [-0.25, -0.2) is 0 Å². The molecule has 0 bridgehead atoms. The van der Waals surface area contributed by atoms with Crippen molar-refractivity contribution in [3.63, 3.8) is 0 Å². The molecule has 1 N–H and O–H groups in total. The van der Waals surface area contributed by atoms with Gasteiger partial charge in [-0.05, 0) is 31.7 Å². The molecule has 108 valence electrons. The molecule has 20 heavy (non-hydrogen) atoms. The van der Waals surface area contributed by atoms with Gasteiger partial charge in [0.25, 0.3) is 0 Å². The van der Waals surface area contributed by atoms with E-state index < -0.39 is 11.8 Å². The van der Waals surface area contributed by atoms with Crippen LogP contribution in [0.1, 0.15) is 5.56 Å². The summed E-state index contributed by atoms with van der Waals surface area (Å²) in [6, 6.07) is 5.47. The molecule has 0 unspecified atom stereocenters. The van der Waals surface area contributed by atoms with Crippen LogP contribution in [0.25, 0.3) is 0 Å². The molecule has 0 aromatic heterocycles. The van der Waals surface area contributed by atoms with Gasteiger partial charge in [0.2, 0.25) is 0 Å². The Morgan fingerprint density at radius 3 is 2.45 bits per heavy atom. The van der Waals surface area contributed by atoms with Crippen LogP contribution in [-0.4, -0.2) is 54.8 Å². The molecule has 0 radical (unpaired) electrons. The van der Waals surface area contributed by atoms with Crippen molar-refractivity contribution in [1.29, 1.82) is 0 Å². The van der Waals surface area contributed by atoms with E-state index in [1.807, 2.05) is 20.0 Å². The molecule has 0 aliphatic carbocycles. The second-order valence-electron chi connectivity index (χ2n) is 5.01. The first-order valence-corrected chi connectivity index (χ1v) is 7.31. The minimum absolute atomic E-state index is 0.463. The Kier molecular flexibility index (Phi) is 4.77. The summed E-state index contributed by atoms with van der Waals surface area (Å²) in [5.41, 5.74) is 1.70. The van der Waals surface area contributed by atoms with Crippen LogP contribution in [0, 0.1) is 6.92 Å². The Hall–Kier alpha value is -1.40. The lowest BCUT2D eigenvalue weighted by Crippen LogP contribution is -2.50. The molecule has 0 atom stereocenters. The lowest BCUT2D eigenvalue weighted by Gasteiger charge is -2.31. The molecule has 2 rings (SSSR count). The van der Waals surface area contributed by atoms with E-state index in [1.165, 1.54) is 0 Å². The fraction of sp³-hybridized carbons (Fsp3) is 0.429. The van der Waals surface area contributed by atoms with Crippen molar-refractivity contribution in [1.82, 2.24) is 9.80 Å². The topological polar surface area (TPSA) is 52.7 Å². The second-order valence-corrected chi connectivity index (χ2v) is 5.87. The molecule has 2 amide bonds. The van der Waals surface area contributed by atoms with Crippen molar-refractivity contribution < 1.29 is 9.59 Å². The van der Waals surface area contributed by atoms with E-state index in [0.29, 0.717) is 18.8 Å². The normalized spacial score (nSPS) is 16.1. The number of hydrogen-bond donors (Lipinski definition) is 1. The molecule has 1 aliphatic heterocycles. The zero-order chi connectivity index (χ0) is 14.7. The first kappa shape index (κ1) is 15.0. The van der Waals surface area contributed by atoms with Gasteiger partial charge in [-0.1, -0.05) is 22.0 Å². The highest BCUT2D eigenvalue weighted by atomic mass is 79.9. The van der Waals surface area contributed by atoms with Gasteiger partial charge in [0.15, 0.2) is 0 Å². The van der Waals surface area contributed by atoms with Crippen LogP contribution >= 0.6 is 15.9 Å². The van der Waals surface area contributed by atoms with Crippen LogP contribution in [0.4, 0.5) is 5.69 Å². The number of likely N-dealkylation sites (N-methyl/N-ethyl adjacent to an activating group) is 1. The molecule has 1 aromatic rings. The Bertz CT molecular complexity index is 525. The zero-order valence-electron chi connectivity index (χ0n) is 11.6. The summed E-state index contributed by atoms with van der Waals surface area (Å²) in [5, 5.41) is 2.64. The number of nitrogens with one attached hydrogen (secondary N) is 1. The van der Waals surface area contributed by atoms with E-state index >= 15 is 0 Å². The smallest absolute Gasteiger partial charge is 0.313 e. The number of anilines is 1. The Balaban J connectivity index is 1.97. The van der Waals surface area contributed by atoms with Gasteiger partial charge in [-0.2, -0.15) is 0 Å². The SMILES string of the molecule is Cc1ccc(NC(=O)C(=O)N2CCN(C)CC2)cc1Br. The standard InChI is InChI=1S/C14H18BrN3O2/c1-10-3-4-11(9-12(10)15)16-13(19)14(20)18-7-5-17(2)6-8-18/h3-4,9H,5-8H2,1-2H3,(H,16,19). The van der Waals surface area contributed by atoms with E-state index in [0.717, 1.165) is 23.1 Å². The van der Waals surface area contributed by atoms with E-state index in [-0.39, 0.29) is 0 Å². The van der Waals surface area contributed by atoms with Crippen LogP contribution < -0.4 is 5.32 Å². The highest BCUT2D eigenvalue weighted by Crippen LogP contribution is 2.20. The Morgan fingerprint density at radius 2 is 1.85 bits per heavy atom. The van der Waals surface area contributed by atoms with Gasteiger partial charge >= 0.3 is 11.8 Å². The third-order valence-corrected chi connectivity index (χ3v) is 4.27. The quantitative estimate of drug-likeness (QED) is 0.788.